The molecule has 4 aromatic heterocycles. The van der Waals surface area contributed by atoms with Gasteiger partial charge in [-0.25, -0.2) is 19.9 Å². The fourth-order valence-electron chi connectivity index (χ4n) is 4.18. The fourth-order valence-corrected chi connectivity index (χ4v) is 7.30. The third-order valence-corrected chi connectivity index (χ3v) is 11.2. The molecule has 33 heavy (non-hydrogen) atoms. The van der Waals surface area contributed by atoms with Crippen LogP contribution in [0.25, 0.3) is 28.6 Å². The minimum atomic E-state index is -1.80. The first-order valence-corrected chi connectivity index (χ1v) is 13.9. The molecule has 172 valence electrons. The quantitative estimate of drug-likeness (QED) is 0.378. The van der Waals surface area contributed by atoms with E-state index in [9.17, 15) is 4.79 Å². The Balaban J connectivity index is 1.69. The standard InChI is InChI=1S/C24H30N6O2Si/c1-6-33(7-2,8-3)32-24(4,5)20-11-14-30-19(16-27-23(30)29-20)18-10-13-26-22(28-18)17-9-12-25-21(31)15-17/h9-16H,6-8H2,1-5H3,(H,25,31). The maximum atomic E-state index is 11.7. The van der Waals surface area contributed by atoms with E-state index in [0.717, 1.165) is 29.5 Å². The van der Waals surface area contributed by atoms with Crippen LogP contribution in [0.4, 0.5) is 0 Å². The third-order valence-electron chi connectivity index (χ3n) is 6.35. The van der Waals surface area contributed by atoms with Crippen molar-refractivity contribution in [3.8, 4) is 22.8 Å². The molecule has 0 bridgehead atoms. The van der Waals surface area contributed by atoms with Crippen molar-refractivity contribution in [1.29, 1.82) is 0 Å². The Morgan fingerprint density at radius 3 is 2.52 bits per heavy atom. The number of nitrogens with zero attached hydrogens (tertiary/aromatic N) is 5. The average molecular weight is 463 g/mol. The summed E-state index contributed by atoms with van der Waals surface area (Å²) in [5, 5.41) is 0. The molecule has 0 spiro atoms. The summed E-state index contributed by atoms with van der Waals surface area (Å²) in [6.07, 6.45) is 6.99. The number of imidazole rings is 1. The summed E-state index contributed by atoms with van der Waals surface area (Å²) in [6.45, 7) is 10.9. The SMILES string of the molecule is CC[Si](CC)(CC)OC(C)(C)c1ccn2c(-c3ccnc(-c4cc[nH]c(=O)c4)n3)cnc2n1. The topological polar surface area (TPSA) is 98.1 Å². The summed E-state index contributed by atoms with van der Waals surface area (Å²) < 4.78 is 8.67. The number of aromatic nitrogens is 6. The Kier molecular flexibility index (Phi) is 6.27. The summed E-state index contributed by atoms with van der Waals surface area (Å²) in [4.78, 5) is 32.6. The Morgan fingerprint density at radius 1 is 1.06 bits per heavy atom. The van der Waals surface area contributed by atoms with Gasteiger partial charge in [0.25, 0.3) is 0 Å². The van der Waals surface area contributed by atoms with Gasteiger partial charge in [-0.2, -0.15) is 0 Å². The number of hydrogen-bond donors (Lipinski definition) is 1. The van der Waals surface area contributed by atoms with E-state index in [2.05, 4.69) is 54.6 Å². The number of pyridine rings is 1. The summed E-state index contributed by atoms with van der Waals surface area (Å²) in [5.41, 5.74) is 2.34. The molecule has 4 aromatic rings. The van der Waals surface area contributed by atoms with Gasteiger partial charge >= 0.3 is 0 Å². The Labute approximate surface area is 194 Å². The zero-order chi connectivity index (χ0) is 23.6. The van der Waals surface area contributed by atoms with Crippen molar-refractivity contribution in [3.05, 3.63) is 65.1 Å². The first kappa shape index (κ1) is 23.0. The Bertz CT molecular complexity index is 1320. The van der Waals surface area contributed by atoms with E-state index in [1.54, 1.807) is 24.7 Å². The largest absolute Gasteiger partial charge is 0.406 e. The third kappa shape index (κ3) is 4.51. The van der Waals surface area contributed by atoms with Gasteiger partial charge in [-0.3, -0.25) is 9.20 Å². The van der Waals surface area contributed by atoms with Crippen molar-refractivity contribution >= 4 is 14.1 Å². The summed E-state index contributed by atoms with van der Waals surface area (Å²) in [7, 11) is -1.80. The van der Waals surface area contributed by atoms with Crippen molar-refractivity contribution in [3.63, 3.8) is 0 Å². The highest BCUT2D eigenvalue weighted by Crippen LogP contribution is 2.33. The molecule has 0 saturated carbocycles. The molecule has 0 aliphatic heterocycles. The highest BCUT2D eigenvalue weighted by Gasteiger charge is 2.37. The van der Waals surface area contributed by atoms with E-state index in [0.29, 0.717) is 22.9 Å². The van der Waals surface area contributed by atoms with Crippen molar-refractivity contribution in [1.82, 2.24) is 29.3 Å². The smallest absolute Gasteiger partial charge is 0.248 e. The Morgan fingerprint density at radius 2 is 1.82 bits per heavy atom. The van der Waals surface area contributed by atoms with Crippen LogP contribution in [0.5, 0.6) is 0 Å². The van der Waals surface area contributed by atoms with Gasteiger partial charge in [0, 0.05) is 30.2 Å². The zero-order valence-electron chi connectivity index (χ0n) is 19.8. The summed E-state index contributed by atoms with van der Waals surface area (Å²) in [5.74, 6) is 1.07. The molecule has 4 heterocycles. The van der Waals surface area contributed by atoms with Crippen LogP contribution in [0.1, 0.15) is 40.3 Å². The van der Waals surface area contributed by atoms with E-state index in [-0.39, 0.29) is 5.56 Å². The van der Waals surface area contributed by atoms with E-state index in [1.807, 2.05) is 22.7 Å². The second kappa shape index (κ2) is 8.99. The molecule has 0 aliphatic carbocycles. The molecule has 0 aromatic carbocycles. The maximum Gasteiger partial charge on any atom is 0.248 e. The van der Waals surface area contributed by atoms with Gasteiger partial charge in [0.15, 0.2) is 14.1 Å². The van der Waals surface area contributed by atoms with Gasteiger partial charge in [-0.15, -0.1) is 0 Å². The van der Waals surface area contributed by atoms with E-state index >= 15 is 0 Å². The number of aromatic amines is 1. The lowest BCUT2D eigenvalue weighted by molar-refractivity contribution is 0.0894. The molecule has 0 fully saturated rings. The summed E-state index contributed by atoms with van der Waals surface area (Å²) in [6, 6.07) is 10.3. The first-order valence-electron chi connectivity index (χ1n) is 11.4. The van der Waals surface area contributed by atoms with Gasteiger partial charge < -0.3 is 9.41 Å². The van der Waals surface area contributed by atoms with Crippen LogP contribution in [-0.4, -0.2) is 37.6 Å². The molecule has 1 N–H and O–H groups in total. The van der Waals surface area contributed by atoms with E-state index < -0.39 is 13.9 Å². The van der Waals surface area contributed by atoms with Crippen molar-refractivity contribution in [2.24, 2.45) is 0 Å². The number of fused-ring (bicyclic) bond motifs is 1. The van der Waals surface area contributed by atoms with Gasteiger partial charge in [0.2, 0.25) is 11.3 Å². The highest BCUT2D eigenvalue weighted by molar-refractivity contribution is 6.73. The molecule has 0 unspecified atom stereocenters. The van der Waals surface area contributed by atoms with Crippen molar-refractivity contribution in [2.75, 3.05) is 0 Å². The molecule has 0 radical (unpaired) electrons. The molecule has 0 aliphatic rings. The molecule has 0 saturated heterocycles. The lowest BCUT2D eigenvalue weighted by Gasteiger charge is -2.37. The van der Waals surface area contributed by atoms with E-state index in [4.69, 9.17) is 9.41 Å². The molecule has 0 amide bonds. The normalized spacial score (nSPS) is 12.4. The lowest BCUT2D eigenvalue weighted by Crippen LogP contribution is -2.43. The van der Waals surface area contributed by atoms with Crippen LogP contribution in [-0.2, 0) is 10.0 Å². The van der Waals surface area contributed by atoms with Crippen LogP contribution in [0.2, 0.25) is 18.1 Å². The van der Waals surface area contributed by atoms with Crippen LogP contribution in [0, 0.1) is 0 Å². The predicted molar refractivity (Wildman–Crippen MR) is 131 cm³/mol. The zero-order valence-corrected chi connectivity index (χ0v) is 20.8. The van der Waals surface area contributed by atoms with Gasteiger partial charge in [-0.1, -0.05) is 20.8 Å². The molecule has 0 atom stereocenters. The number of rotatable bonds is 8. The molecular weight excluding hydrogens is 432 g/mol. The minimum Gasteiger partial charge on any atom is -0.406 e. The monoisotopic (exact) mass is 462 g/mol. The van der Waals surface area contributed by atoms with Crippen LogP contribution < -0.4 is 5.56 Å². The van der Waals surface area contributed by atoms with Gasteiger partial charge in [0.1, 0.15) is 0 Å². The second-order valence-corrected chi connectivity index (χ2v) is 13.4. The van der Waals surface area contributed by atoms with Crippen LogP contribution in [0.15, 0.2) is 53.8 Å². The number of hydrogen-bond acceptors (Lipinski definition) is 6. The predicted octanol–water partition coefficient (Wildman–Crippen LogP) is 4.80. The van der Waals surface area contributed by atoms with Crippen molar-refractivity contribution < 1.29 is 4.43 Å². The summed E-state index contributed by atoms with van der Waals surface area (Å²) >= 11 is 0. The fraction of sp³-hybridized carbons (Fsp3) is 0.375. The lowest BCUT2D eigenvalue weighted by atomic mass is 10.1. The minimum absolute atomic E-state index is 0.195. The van der Waals surface area contributed by atoms with Gasteiger partial charge in [0.05, 0.1) is 28.9 Å². The van der Waals surface area contributed by atoms with Crippen LogP contribution >= 0.6 is 0 Å². The average Bonchev–Trinajstić information content (AvgIpc) is 3.26. The number of nitrogens with one attached hydrogen (secondary N) is 1. The first-order chi connectivity index (χ1) is 15.8. The highest BCUT2D eigenvalue weighted by atomic mass is 28.4. The van der Waals surface area contributed by atoms with Gasteiger partial charge in [-0.05, 0) is 50.2 Å². The van der Waals surface area contributed by atoms with E-state index in [1.165, 1.54) is 6.07 Å². The maximum absolute atomic E-state index is 11.7. The second-order valence-electron chi connectivity index (χ2n) is 8.69. The Hall–Kier alpha value is -3.17. The molecule has 4 rings (SSSR count). The molecular formula is C24H30N6O2Si. The molecule has 8 nitrogen and oxygen atoms in total. The van der Waals surface area contributed by atoms with Crippen LogP contribution in [0.3, 0.4) is 0 Å². The number of H-pyrrole nitrogens is 1. The van der Waals surface area contributed by atoms with Crippen molar-refractivity contribution in [2.45, 2.75) is 58.4 Å². The molecule has 9 heteroatoms.